The maximum absolute atomic E-state index is 2.75. The number of benzene rings is 13. The summed E-state index contributed by atoms with van der Waals surface area (Å²) < 4.78 is 5.18. The van der Waals surface area contributed by atoms with E-state index >= 15 is 0 Å². The molecule has 0 spiro atoms. The van der Waals surface area contributed by atoms with Crippen LogP contribution in [0.15, 0.2) is 255 Å². The standard InChI is InChI=1S/C112H117BN4/c1-105(2,3)73-37-33-68(34-38-73)85-60-75(107(7,8)9)41-51-93(85)116-99-66-81(114-95-53-43-77(109(13,14)15)62-87(95)88-63-78(110(16,17)18)44-54-96(88)114)47-49-91(99)113-92-50-48-82(115-97-55-45-79(111(19,20)21)64-89(97)90-65-80(112(22,23)24)46-56-98(90)115)67-100(92)117(94-52-42-76(108(10,11)12)61-86(94)69-35-39-74(40-36-69)106(4,5)6)102-59-72(58-101(116)104(102)113)103-83-31-27-25-29-70(83)57-71-30-26-28-32-84(71)103/h25-56,58-67,103H,57H2,1-24H3. The Labute approximate surface area is 697 Å². The van der Waals surface area contributed by atoms with Crippen molar-refractivity contribution in [1.82, 2.24) is 9.13 Å². The monoisotopic (exact) mass is 1530 g/mol. The topological polar surface area (TPSA) is 16.3 Å². The number of anilines is 6. The van der Waals surface area contributed by atoms with Crippen LogP contribution in [0.1, 0.15) is 244 Å². The van der Waals surface area contributed by atoms with Crippen molar-refractivity contribution in [2.24, 2.45) is 0 Å². The van der Waals surface area contributed by atoms with Gasteiger partial charge in [-0.25, -0.2) is 0 Å². The van der Waals surface area contributed by atoms with Crippen molar-refractivity contribution in [3.63, 3.8) is 0 Å². The summed E-state index contributed by atoms with van der Waals surface area (Å²) in [5.41, 5.74) is 39.0. The Bertz CT molecular complexity index is 6010. The van der Waals surface area contributed by atoms with E-state index in [4.69, 9.17) is 0 Å². The van der Waals surface area contributed by atoms with Crippen LogP contribution in [0.4, 0.5) is 34.1 Å². The molecule has 3 aliphatic rings. The van der Waals surface area contributed by atoms with E-state index in [1.54, 1.807) is 0 Å². The molecule has 0 fully saturated rings. The van der Waals surface area contributed by atoms with Gasteiger partial charge in [0.1, 0.15) is 0 Å². The minimum atomic E-state index is -0.244. The van der Waals surface area contributed by atoms with E-state index in [0.717, 1.165) is 40.5 Å². The Morgan fingerprint density at radius 3 is 0.863 bits per heavy atom. The average molecular weight is 1530 g/mol. The van der Waals surface area contributed by atoms with E-state index < -0.39 is 0 Å². The lowest BCUT2D eigenvalue weighted by atomic mass is 9.33. The van der Waals surface area contributed by atoms with Crippen molar-refractivity contribution in [2.75, 3.05) is 9.80 Å². The van der Waals surface area contributed by atoms with Crippen molar-refractivity contribution >= 4 is 101 Å². The summed E-state index contributed by atoms with van der Waals surface area (Å²) in [5, 5.41) is 5.09. The third-order valence-corrected chi connectivity index (χ3v) is 26.3. The molecule has 15 aromatic rings. The van der Waals surface area contributed by atoms with E-state index in [2.05, 4.69) is 440 Å². The van der Waals surface area contributed by atoms with Gasteiger partial charge in [0.05, 0.1) is 33.4 Å². The SMILES string of the molecule is CC(C)(C)c1ccc(-c2cc(C(C)(C)C)ccc2N2c3cc(-n4c5ccc(C(C)(C)C)cc5c5cc(C(C)(C)C)ccc54)ccc3B3c4ccc(-n5c6ccc(C(C)(C)C)cc6c6cc(C(C)(C)C)ccc65)cc4N(c4ccc(C(C)(C)C)cc4-c4ccc(C(C)(C)C)cc4)c4cc(C5c6ccccc6Cc6ccccc65)cc2c43)cc1. The number of hydrogen-bond acceptors (Lipinski definition) is 2. The maximum Gasteiger partial charge on any atom is 0.252 e. The predicted molar refractivity (Wildman–Crippen MR) is 506 cm³/mol. The highest BCUT2D eigenvalue weighted by atomic mass is 15.2. The maximum atomic E-state index is 2.75. The van der Waals surface area contributed by atoms with E-state index in [1.807, 2.05) is 0 Å². The van der Waals surface area contributed by atoms with Crippen LogP contribution >= 0.6 is 0 Å². The summed E-state index contributed by atoms with van der Waals surface area (Å²) in [4.78, 5) is 5.51. The van der Waals surface area contributed by atoms with Crippen LogP contribution < -0.4 is 26.2 Å². The molecule has 4 heterocycles. The second-order valence-corrected chi connectivity index (χ2v) is 42.8. The molecule has 0 saturated heterocycles. The Kier molecular flexibility index (Phi) is 17.7. The molecule has 0 radical (unpaired) electrons. The molecule has 588 valence electrons. The van der Waals surface area contributed by atoms with Crippen molar-refractivity contribution in [1.29, 1.82) is 0 Å². The molecule has 0 N–H and O–H groups in total. The molecule has 13 aromatic carbocycles. The molecule has 0 unspecified atom stereocenters. The van der Waals surface area contributed by atoms with Crippen molar-refractivity contribution in [3.05, 3.63) is 327 Å². The quantitative estimate of drug-likeness (QED) is 0.148. The third kappa shape index (κ3) is 13.2. The summed E-state index contributed by atoms with van der Waals surface area (Å²) in [7, 11) is 0. The predicted octanol–water partition coefficient (Wildman–Crippen LogP) is 28.8. The number of fused-ring (bicyclic) bond motifs is 12. The molecule has 117 heavy (non-hydrogen) atoms. The van der Waals surface area contributed by atoms with E-state index in [1.165, 1.54) is 166 Å². The van der Waals surface area contributed by atoms with Gasteiger partial charge in [-0.3, -0.25) is 0 Å². The van der Waals surface area contributed by atoms with Crippen LogP contribution in [0.5, 0.6) is 0 Å². The van der Waals surface area contributed by atoms with Gasteiger partial charge >= 0.3 is 0 Å². The highest BCUT2D eigenvalue weighted by molar-refractivity contribution is 7.00. The lowest BCUT2D eigenvalue weighted by Crippen LogP contribution is -2.61. The first-order chi connectivity index (χ1) is 55.1. The van der Waals surface area contributed by atoms with Gasteiger partial charge in [-0.05, 0) is 259 Å². The first kappa shape index (κ1) is 77.4. The van der Waals surface area contributed by atoms with Crippen LogP contribution in [0.2, 0.25) is 0 Å². The smallest absolute Gasteiger partial charge is 0.252 e. The van der Waals surface area contributed by atoms with Gasteiger partial charge in [-0.1, -0.05) is 312 Å². The fourth-order valence-electron chi connectivity index (χ4n) is 19.3. The highest BCUT2D eigenvalue weighted by Crippen LogP contribution is 2.54. The van der Waals surface area contributed by atoms with Gasteiger partial charge in [0, 0.05) is 72.7 Å². The number of hydrogen-bond donors (Lipinski definition) is 0. The van der Waals surface area contributed by atoms with Gasteiger partial charge in [-0.2, -0.15) is 0 Å². The lowest BCUT2D eigenvalue weighted by molar-refractivity contribution is 0.589. The Morgan fingerprint density at radius 2 is 0.547 bits per heavy atom. The minimum Gasteiger partial charge on any atom is -0.311 e. The Morgan fingerprint density at radius 1 is 0.256 bits per heavy atom. The summed E-state index contributed by atoms with van der Waals surface area (Å²) in [6.45, 7) is 56.1. The van der Waals surface area contributed by atoms with Crippen molar-refractivity contribution in [2.45, 2.75) is 222 Å². The molecule has 0 bridgehead atoms. The summed E-state index contributed by atoms with van der Waals surface area (Å²) >= 11 is 0. The molecule has 1 aliphatic carbocycles. The summed E-state index contributed by atoms with van der Waals surface area (Å²) in [6.07, 6.45) is 0.873. The molecule has 5 heteroatoms. The van der Waals surface area contributed by atoms with Crippen LogP contribution in [0.3, 0.4) is 0 Å². The Hall–Kier alpha value is -10.9. The molecule has 4 nitrogen and oxygen atoms in total. The second kappa shape index (κ2) is 26.8. The summed E-state index contributed by atoms with van der Waals surface area (Å²) in [5.74, 6) is -0.113. The first-order valence-corrected chi connectivity index (χ1v) is 43.0. The van der Waals surface area contributed by atoms with E-state index in [9.17, 15) is 0 Å². The fourth-order valence-corrected chi connectivity index (χ4v) is 19.3. The average Bonchev–Trinajstić information content (AvgIpc) is 0.797. The molecule has 0 atom stereocenters. The number of nitrogens with zero attached hydrogens (tertiary/aromatic N) is 4. The van der Waals surface area contributed by atoms with Crippen molar-refractivity contribution in [3.8, 4) is 33.6 Å². The van der Waals surface area contributed by atoms with Crippen LogP contribution in [0.25, 0.3) is 77.2 Å². The third-order valence-electron chi connectivity index (χ3n) is 26.3. The number of aromatic nitrogens is 2. The van der Waals surface area contributed by atoms with Gasteiger partial charge < -0.3 is 18.9 Å². The van der Waals surface area contributed by atoms with Crippen LogP contribution in [-0.4, -0.2) is 15.8 Å². The van der Waals surface area contributed by atoms with Gasteiger partial charge in [0.15, 0.2) is 0 Å². The molecule has 0 amide bonds. The van der Waals surface area contributed by atoms with E-state index in [-0.39, 0.29) is 56.0 Å². The molecule has 18 rings (SSSR count). The molecular weight excluding hydrogens is 1410 g/mol. The highest BCUT2D eigenvalue weighted by Gasteiger charge is 2.47. The van der Waals surface area contributed by atoms with Gasteiger partial charge in [0.25, 0.3) is 6.71 Å². The zero-order chi connectivity index (χ0) is 82.7. The normalized spacial score (nSPS) is 14.2. The largest absolute Gasteiger partial charge is 0.311 e. The number of rotatable bonds is 7. The zero-order valence-electron chi connectivity index (χ0n) is 73.9. The molecule has 2 aliphatic heterocycles. The Balaban J connectivity index is 1.02. The zero-order valence-corrected chi connectivity index (χ0v) is 73.9. The molecular formula is C112H117BN4. The van der Waals surface area contributed by atoms with Gasteiger partial charge in [0.2, 0.25) is 0 Å². The molecule has 2 aromatic heterocycles. The van der Waals surface area contributed by atoms with Crippen LogP contribution in [0, 0.1) is 0 Å². The molecule has 0 saturated carbocycles. The van der Waals surface area contributed by atoms with E-state index in [0.29, 0.717) is 0 Å². The lowest BCUT2D eigenvalue weighted by Gasteiger charge is -2.46. The fraction of sp³-hybridized carbons (Fsp3) is 0.304. The second-order valence-electron chi connectivity index (χ2n) is 42.8. The summed E-state index contributed by atoms with van der Waals surface area (Å²) in [6, 6.07) is 102. The van der Waals surface area contributed by atoms with Crippen LogP contribution in [-0.2, 0) is 49.7 Å². The van der Waals surface area contributed by atoms with Gasteiger partial charge in [-0.15, -0.1) is 0 Å². The van der Waals surface area contributed by atoms with Crippen molar-refractivity contribution < 1.29 is 0 Å². The first-order valence-electron chi connectivity index (χ1n) is 43.0. The minimum absolute atomic E-state index is 0.0430.